The molecule has 0 aromatic carbocycles. The van der Waals surface area contributed by atoms with Crippen molar-refractivity contribution in [3.63, 3.8) is 0 Å². The predicted molar refractivity (Wildman–Crippen MR) is 72.3 cm³/mol. The zero-order chi connectivity index (χ0) is 14.0. The van der Waals surface area contributed by atoms with Gasteiger partial charge in [-0.3, -0.25) is 4.79 Å². The van der Waals surface area contributed by atoms with E-state index in [1.165, 1.54) is 6.07 Å². The molecule has 9 heteroatoms. The molecule has 2 aromatic rings. The molecule has 2 heterocycles. The number of nitrogen functional groups attached to an aromatic ring is 1. The molecule has 0 saturated carbocycles. The molecule has 100 valence electrons. The van der Waals surface area contributed by atoms with E-state index >= 15 is 0 Å². The van der Waals surface area contributed by atoms with Gasteiger partial charge in [0.15, 0.2) is 5.16 Å². The average Bonchev–Trinajstić information content (AvgIpc) is 2.26. The Hall–Kier alpha value is -2.16. The summed E-state index contributed by atoms with van der Waals surface area (Å²) in [4.78, 5) is 32.1. The fourth-order valence-corrected chi connectivity index (χ4v) is 2.07. The maximum absolute atomic E-state index is 11.3. The standard InChI is InChI=1S/C10H13N7OS/c1-5-4-6(18)13-9(12-5)19-10-15-7(11)14-8(16-10)17(2)3/h4H,1-3H3,(H,12,13,18)(H2,11,14,15,16). The van der Waals surface area contributed by atoms with E-state index in [1.54, 1.807) is 25.9 Å². The van der Waals surface area contributed by atoms with Crippen molar-refractivity contribution in [3.05, 3.63) is 22.1 Å². The molecule has 8 nitrogen and oxygen atoms in total. The molecule has 0 amide bonds. The Morgan fingerprint density at radius 2 is 2.00 bits per heavy atom. The lowest BCUT2D eigenvalue weighted by molar-refractivity contribution is 0.858. The Kier molecular flexibility index (Phi) is 3.65. The molecule has 0 fully saturated rings. The van der Waals surface area contributed by atoms with Gasteiger partial charge in [-0.2, -0.15) is 15.0 Å². The second-order valence-electron chi connectivity index (χ2n) is 3.96. The Labute approximate surface area is 113 Å². The van der Waals surface area contributed by atoms with Crippen LogP contribution in [0.3, 0.4) is 0 Å². The highest BCUT2D eigenvalue weighted by atomic mass is 32.2. The second kappa shape index (κ2) is 5.22. The first kappa shape index (κ1) is 13.3. The lowest BCUT2D eigenvalue weighted by atomic mass is 10.5. The van der Waals surface area contributed by atoms with E-state index in [0.29, 0.717) is 22.0 Å². The SMILES string of the molecule is Cc1cc(=O)[nH]c(Sc2nc(N)nc(N(C)C)n2)n1. The summed E-state index contributed by atoms with van der Waals surface area (Å²) in [7, 11) is 3.60. The van der Waals surface area contributed by atoms with E-state index in [0.717, 1.165) is 11.8 Å². The van der Waals surface area contributed by atoms with Gasteiger partial charge in [0.25, 0.3) is 5.56 Å². The summed E-state index contributed by atoms with van der Waals surface area (Å²) >= 11 is 1.13. The first-order valence-corrected chi connectivity index (χ1v) is 6.20. The number of anilines is 2. The van der Waals surface area contributed by atoms with Crippen molar-refractivity contribution in [1.29, 1.82) is 0 Å². The fourth-order valence-electron chi connectivity index (χ4n) is 1.29. The molecule has 3 N–H and O–H groups in total. The quantitative estimate of drug-likeness (QED) is 0.758. The predicted octanol–water partition coefficient (Wildman–Crippen LogP) is 0.0627. The Bertz CT molecular complexity index is 655. The Morgan fingerprint density at radius 1 is 1.26 bits per heavy atom. The van der Waals surface area contributed by atoms with Gasteiger partial charge in [0.05, 0.1) is 0 Å². The zero-order valence-electron chi connectivity index (χ0n) is 10.7. The number of nitrogens with one attached hydrogen (secondary N) is 1. The van der Waals surface area contributed by atoms with Crippen LogP contribution >= 0.6 is 11.8 Å². The Balaban J connectivity index is 2.35. The minimum absolute atomic E-state index is 0.121. The molecule has 2 rings (SSSR count). The minimum Gasteiger partial charge on any atom is -0.368 e. The molecule has 0 atom stereocenters. The molecular weight excluding hydrogens is 266 g/mol. The van der Waals surface area contributed by atoms with Gasteiger partial charge in [0, 0.05) is 25.9 Å². The topological polar surface area (TPSA) is 114 Å². The van der Waals surface area contributed by atoms with Crippen LogP contribution in [0.25, 0.3) is 0 Å². The highest BCUT2D eigenvalue weighted by Gasteiger charge is 2.09. The summed E-state index contributed by atoms with van der Waals surface area (Å²) < 4.78 is 0. The summed E-state index contributed by atoms with van der Waals surface area (Å²) in [6.07, 6.45) is 0. The molecule has 0 aliphatic rings. The van der Waals surface area contributed by atoms with E-state index in [4.69, 9.17) is 5.73 Å². The highest BCUT2D eigenvalue weighted by Crippen LogP contribution is 2.21. The molecule has 0 aliphatic carbocycles. The number of hydrogen-bond acceptors (Lipinski definition) is 8. The van der Waals surface area contributed by atoms with Crippen molar-refractivity contribution in [2.45, 2.75) is 17.2 Å². The number of rotatable bonds is 3. The third kappa shape index (κ3) is 3.41. The molecule has 0 saturated heterocycles. The van der Waals surface area contributed by atoms with Crippen LogP contribution in [-0.2, 0) is 0 Å². The Morgan fingerprint density at radius 3 is 2.63 bits per heavy atom. The van der Waals surface area contributed by atoms with Crippen LogP contribution in [0.1, 0.15) is 5.69 Å². The summed E-state index contributed by atoms with van der Waals surface area (Å²) in [6, 6.07) is 1.41. The minimum atomic E-state index is -0.218. The van der Waals surface area contributed by atoms with Crippen LogP contribution in [0.2, 0.25) is 0 Å². The second-order valence-corrected chi connectivity index (χ2v) is 4.92. The zero-order valence-corrected chi connectivity index (χ0v) is 11.5. The maximum Gasteiger partial charge on any atom is 0.251 e. The van der Waals surface area contributed by atoms with E-state index in [9.17, 15) is 4.79 Å². The number of H-pyrrole nitrogens is 1. The monoisotopic (exact) mass is 279 g/mol. The van der Waals surface area contributed by atoms with Gasteiger partial charge in [-0.15, -0.1) is 0 Å². The van der Waals surface area contributed by atoms with Crippen LogP contribution in [-0.4, -0.2) is 39.0 Å². The van der Waals surface area contributed by atoms with Gasteiger partial charge < -0.3 is 15.6 Å². The van der Waals surface area contributed by atoms with Gasteiger partial charge in [0.1, 0.15) is 0 Å². The number of aromatic amines is 1. The summed E-state index contributed by atoms with van der Waals surface area (Å²) in [6.45, 7) is 1.74. The van der Waals surface area contributed by atoms with Gasteiger partial charge in [-0.1, -0.05) is 0 Å². The number of aromatic nitrogens is 5. The molecule has 0 aliphatic heterocycles. The largest absolute Gasteiger partial charge is 0.368 e. The van der Waals surface area contributed by atoms with Crippen molar-refractivity contribution >= 4 is 23.7 Å². The maximum atomic E-state index is 11.3. The molecule has 0 radical (unpaired) electrons. The van der Waals surface area contributed by atoms with Crippen molar-refractivity contribution in [2.75, 3.05) is 24.7 Å². The number of nitrogens with zero attached hydrogens (tertiary/aromatic N) is 5. The van der Waals surface area contributed by atoms with Crippen LogP contribution in [0.4, 0.5) is 11.9 Å². The van der Waals surface area contributed by atoms with E-state index in [-0.39, 0.29) is 11.5 Å². The van der Waals surface area contributed by atoms with Gasteiger partial charge in [0.2, 0.25) is 17.1 Å². The van der Waals surface area contributed by atoms with Crippen LogP contribution in [0.15, 0.2) is 21.2 Å². The van der Waals surface area contributed by atoms with Crippen molar-refractivity contribution in [2.24, 2.45) is 0 Å². The number of hydrogen-bond donors (Lipinski definition) is 2. The third-order valence-corrected chi connectivity index (χ3v) is 2.81. The smallest absolute Gasteiger partial charge is 0.251 e. The van der Waals surface area contributed by atoms with Crippen LogP contribution < -0.4 is 16.2 Å². The third-order valence-electron chi connectivity index (χ3n) is 2.06. The number of aryl methyl sites for hydroxylation is 1. The first-order chi connectivity index (χ1) is 8.94. The number of nitrogens with two attached hydrogens (primary N) is 1. The van der Waals surface area contributed by atoms with Crippen molar-refractivity contribution in [1.82, 2.24) is 24.9 Å². The van der Waals surface area contributed by atoms with Crippen molar-refractivity contribution in [3.8, 4) is 0 Å². The van der Waals surface area contributed by atoms with E-state index in [1.807, 2.05) is 0 Å². The van der Waals surface area contributed by atoms with E-state index < -0.39 is 0 Å². The van der Waals surface area contributed by atoms with Crippen molar-refractivity contribution < 1.29 is 0 Å². The molecule has 0 bridgehead atoms. The molecule has 0 spiro atoms. The molecule has 19 heavy (non-hydrogen) atoms. The molecular formula is C10H13N7OS. The summed E-state index contributed by atoms with van der Waals surface area (Å²) in [5.74, 6) is 0.571. The first-order valence-electron chi connectivity index (χ1n) is 5.39. The van der Waals surface area contributed by atoms with Crippen LogP contribution in [0, 0.1) is 6.92 Å². The van der Waals surface area contributed by atoms with Crippen LogP contribution in [0.5, 0.6) is 0 Å². The lowest BCUT2D eigenvalue weighted by Crippen LogP contribution is -2.15. The van der Waals surface area contributed by atoms with Gasteiger partial charge in [-0.25, -0.2) is 4.98 Å². The van der Waals surface area contributed by atoms with E-state index in [2.05, 4.69) is 24.9 Å². The average molecular weight is 279 g/mol. The lowest BCUT2D eigenvalue weighted by Gasteiger charge is -2.10. The van der Waals surface area contributed by atoms with Gasteiger partial charge in [-0.05, 0) is 18.7 Å². The summed E-state index contributed by atoms with van der Waals surface area (Å²) in [5.41, 5.74) is 6.02. The highest BCUT2D eigenvalue weighted by molar-refractivity contribution is 7.99. The summed E-state index contributed by atoms with van der Waals surface area (Å²) in [5, 5.41) is 0.797. The fraction of sp³-hybridized carbons (Fsp3) is 0.300. The van der Waals surface area contributed by atoms with Gasteiger partial charge >= 0.3 is 0 Å². The normalized spacial score (nSPS) is 10.5. The molecule has 0 unspecified atom stereocenters. The molecule has 2 aromatic heterocycles.